The van der Waals surface area contributed by atoms with E-state index in [1.165, 1.54) is 7.11 Å². The highest BCUT2D eigenvalue weighted by Crippen LogP contribution is 2.52. The van der Waals surface area contributed by atoms with Crippen LogP contribution in [0.4, 0.5) is 0 Å². The minimum Gasteiger partial charge on any atom is -0.469 e. The molecule has 0 unspecified atom stereocenters. The first-order valence-corrected chi connectivity index (χ1v) is 7.37. The monoisotopic (exact) mass is 281 g/mol. The van der Waals surface area contributed by atoms with Crippen molar-refractivity contribution in [2.24, 2.45) is 5.41 Å². The summed E-state index contributed by atoms with van der Waals surface area (Å²) in [6, 6.07) is 3.72. The van der Waals surface area contributed by atoms with Crippen LogP contribution in [0.5, 0.6) is 0 Å². The first-order chi connectivity index (χ1) is 9.04. The molecule has 0 aromatic carbocycles. The Bertz CT molecular complexity index is 458. The number of carbonyl (C=O) groups excluding carboxylic acids is 1. The van der Waals surface area contributed by atoms with Gasteiger partial charge in [-0.1, -0.05) is 0 Å². The van der Waals surface area contributed by atoms with E-state index in [1.807, 2.05) is 12.1 Å². The normalized spacial score (nSPS) is 17.8. The predicted octanol–water partition coefficient (Wildman–Crippen LogP) is 2.57. The smallest absolute Gasteiger partial charge is 0.306 e. The highest BCUT2D eigenvalue weighted by Gasteiger charge is 2.44. The Balaban J connectivity index is 1.92. The lowest BCUT2D eigenvalue weighted by atomic mass is 10.1. The number of hydrogen-bond donors (Lipinski definition) is 1. The summed E-state index contributed by atoms with van der Waals surface area (Å²) in [5.74, 6) is 0.738. The van der Waals surface area contributed by atoms with Crippen LogP contribution in [0, 0.1) is 5.41 Å². The van der Waals surface area contributed by atoms with E-state index in [1.54, 1.807) is 24.9 Å². The standard InChI is InChI=1S/C14H19NO3S/c1-10(16)11-3-6-15-12(7-11)19-9-14(4-5-14)8-13(17)18-2/h3,6-7,10,16H,4-5,8-9H2,1-2H3/t10-/m0/s1. The molecule has 0 aliphatic heterocycles. The molecule has 0 bridgehead atoms. The molecule has 0 saturated heterocycles. The lowest BCUT2D eigenvalue weighted by Crippen LogP contribution is -2.13. The second kappa shape index (κ2) is 5.92. The Morgan fingerprint density at radius 2 is 2.37 bits per heavy atom. The first kappa shape index (κ1) is 14.3. The fraction of sp³-hybridized carbons (Fsp3) is 0.571. The van der Waals surface area contributed by atoms with Crippen molar-refractivity contribution in [3.63, 3.8) is 0 Å². The molecule has 19 heavy (non-hydrogen) atoms. The molecule has 2 rings (SSSR count). The van der Waals surface area contributed by atoms with Gasteiger partial charge in [-0.2, -0.15) is 0 Å². The Labute approximate surface area is 117 Å². The van der Waals surface area contributed by atoms with E-state index in [2.05, 4.69) is 4.98 Å². The minimum absolute atomic E-state index is 0.0975. The van der Waals surface area contributed by atoms with Crippen molar-refractivity contribution in [3.8, 4) is 0 Å². The fourth-order valence-electron chi connectivity index (χ4n) is 1.92. The van der Waals surface area contributed by atoms with Crippen molar-refractivity contribution in [2.75, 3.05) is 12.9 Å². The molecule has 1 aromatic heterocycles. The topological polar surface area (TPSA) is 59.4 Å². The third-order valence-electron chi connectivity index (χ3n) is 3.47. The van der Waals surface area contributed by atoms with Gasteiger partial charge in [0, 0.05) is 11.9 Å². The summed E-state index contributed by atoms with van der Waals surface area (Å²) in [5.41, 5.74) is 0.968. The second-order valence-electron chi connectivity index (χ2n) is 5.14. The van der Waals surface area contributed by atoms with Crippen LogP contribution in [0.15, 0.2) is 23.4 Å². The van der Waals surface area contributed by atoms with Crippen molar-refractivity contribution in [1.29, 1.82) is 0 Å². The second-order valence-corrected chi connectivity index (χ2v) is 6.14. The summed E-state index contributed by atoms with van der Waals surface area (Å²) in [4.78, 5) is 15.6. The average molecular weight is 281 g/mol. The van der Waals surface area contributed by atoms with Gasteiger partial charge >= 0.3 is 5.97 Å². The zero-order chi connectivity index (χ0) is 13.9. The van der Waals surface area contributed by atoms with Crippen molar-refractivity contribution in [3.05, 3.63) is 23.9 Å². The van der Waals surface area contributed by atoms with E-state index < -0.39 is 6.10 Å². The molecule has 1 aliphatic carbocycles. The number of pyridine rings is 1. The van der Waals surface area contributed by atoms with Gasteiger partial charge in [-0.05, 0) is 42.9 Å². The van der Waals surface area contributed by atoms with Gasteiger partial charge in [0.25, 0.3) is 0 Å². The van der Waals surface area contributed by atoms with E-state index in [-0.39, 0.29) is 11.4 Å². The van der Waals surface area contributed by atoms with Crippen LogP contribution < -0.4 is 0 Å². The van der Waals surface area contributed by atoms with Gasteiger partial charge in [0.1, 0.15) is 0 Å². The molecular weight excluding hydrogens is 262 g/mol. The molecule has 1 N–H and O–H groups in total. The molecule has 0 spiro atoms. The maximum absolute atomic E-state index is 11.3. The largest absolute Gasteiger partial charge is 0.469 e. The van der Waals surface area contributed by atoms with Crippen molar-refractivity contribution < 1.29 is 14.6 Å². The molecule has 1 saturated carbocycles. The molecule has 5 heteroatoms. The van der Waals surface area contributed by atoms with Gasteiger partial charge in [0.2, 0.25) is 0 Å². The number of aliphatic hydroxyl groups is 1. The Morgan fingerprint density at radius 3 is 2.95 bits per heavy atom. The van der Waals surface area contributed by atoms with E-state index in [4.69, 9.17) is 4.74 Å². The molecule has 1 heterocycles. The van der Waals surface area contributed by atoms with Gasteiger partial charge in [-0.25, -0.2) is 4.98 Å². The molecule has 0 radical (unpaired) electrons. The lowest BCUT2D eigenvalue weighted by molar-refractivity contribution is -0.141. The zero-order valence-electron chi connectivity index (χ0n) is 11.3. The zero-order valence-corrected chi connectivity index (χ0v) is 12.1. The van der Waals surface area contributed by atoms with Crippen LogP contribution >= 0.6 is 11.8 Å². The highest BCUT2D eigenvalue weighted by atomic mass is 32.2. The number of carbonyl (C=O) groups is 1. The predicted molar refractivity (Wildman–Crippen MR) is 73.9 cm³/mol. The van der Waals surface area contributed by atoms with Crippen molar-refractivity contribution in [2.45, 2.75) is 37.3 Å². The highest BCUT2D eigenvalue weighted by molar-refractivity contribution is 7.99. The van der Waals surface area contributed by atoms with E-state index in [0.717, 1.165) is 29.2 Å². The fourth-order valence-corrected chi connectivity index (χ4v) is 3.12. The van der Waals surface area contributed by atoms with Gasteiger partial charge in [0.05, 0.1) is 24.7 Å². The molecule has 1 aromatic rings. The van der Waals surface area contributed by atoms with Gasteiger partial charge < -0.3 is 9.84 Å². The first-order valence-electron chi connectivity index (χ1n) is 6.38. The number of hydrogen-bond acceptors (Lipinski definition) is 5. The van der Waals surface area contributed by atoms with Crippen LogP contribution in [0.2, 0.25) is 0 Å². The third kappa shape index (κ3) is 3.94. The molecule has 0 amide bonds. The van der Waals surface area contributed by atoms with Gasteiger partial charge in [-0.3, -0.25) is 4.79 Å². The minimum atomic E-state index is -0.479. The summed E-state index contributed by atoms with van der Waals surface area (Å²) in [5, 5.41) is 10.4. The summed E-state index contributed by atoms with van der Waals surface area (Å²) in [6.07, 6.45) is 3.88. The Kier molecular flexibility index (Phi) is 4.47. The number of aromatic nitrogens is 1. The maximum Gasteiger partial charge on any atom is 0.306 e. The number of thioether (sulfide) groups is 1. The quantitative estimate of drug-likeness (QED) is 0.641. The summed E-state index contributed by atoms with van der Waals surface area (Å²) >= 11 is 1.64. The molecular formula is C14H19NO3S. The van der Waals surface area contributed by atoms with Crippen molar-refractivity contribution >= 4 is 17.7 Å². The van der Waals surface area contributed by atoms with Crippen LogP contribution in [0.1, 0.15) is 37.9 Å². The van der Waals surface area contributed by atoms with E-state index in [9.17, 15) is 9.90 Å². The number of esters is 1. The Hall–Kier alpha value is -1.07. The van der Waals surface area contributed by atoms with Gasteiger partial charge in [0.15, 0.2) is 0 Å². The van der Waals surface area contributed by atoms with Gasteiger partial charge in [-0.15, -0.1) is 11.8 Å². The molecule has 1 fully saturated rings. The van der Waals surface area contributed by atoms with E-state index >= 15 is 0 Å². The van der Waals surface area contributed by atoms with Crippen LogP contribution in [-0.2, 0) is 9.53 Å². The van der Waals surface area contributed by atoms with E-state index in [0.29, 0.717) is 6.42 Å². The van der Waals surface area contributed by atoms with Crippen LogP contribution in [0.25, 0.3) is 0 Å². The SMILES string of the molecule is COC(=O)CC1(CSc2cc([C@H](C)O)ccn2)CC1. The number of aliphatic hydroxyl groups excluding tert-OH is 1. The Morgan fingerprint density at radius 1 is 1.63 bits per heavy atom. The molecule has 1 aliphatic rings. The number of nitrogens with zero attached hydrogens (tertiary/aromatic N) is 1. The summed E-state index contributed by atoms with van der Waals surface area (Å²) in [7, 11) is 1.43. The number of rotatable bonds is 6. The number of ether oxygens (including phenoxy) is 1. The average Bonchev–Trinajstić information content (AvgIpc) is 3.17. The third-order valence-corrected chi connectivity index (χ3v) is 4.75. The van der Waals surface area contributed by atoms with Crippen LogP contribution in [-0.4, -0.2) is 28.9 Å². The van der Waals surface area contributed by atoms with Crippen molar-refractivity contribution in [1.82, 2.24) is 4.98 Å². The van der Waals surface area contributed by atoms with Crippen LogP contribution in [0.3, 0.4) is 0 Å². The summed E-state index contributed by atoms with van der Waals surface area (Å²) in [6.45, 7) is 1.74. The molecule has 1 atom stereocenters. The summed E-state index contributed by atoms with van der Waals surface area (Å²) < 4.78 is 4.73. The molecule has 4 nitrogen and oxygen atoms in total. The lowest BCUT2D eigenvalue weighted by Gasteiger charge is -2.13. The maximum atomic E-state index is 11.3. The molecule has 104 valence electrons. The number of methoxy groups -OCH3 is 1.